The summed E-state index contributed by atoms with van der Waals surface area (Å²) in [6.07, 6.45) is 0. The molecule has 5 nitrogen and oxygen atoms in total. The highest BCUT2D eigenvalue weighted by Gasteiger charge is 2.37. The zero-order valence-electron chi connectivity index (χ0n) is 9.61. The number of carbonyl (C=O) groups is 3. The fourth-order valence-electron chi connectivity index (χ4n) is 1.98. The molecular weight excluding hydrogens is 220 g/mol. The SMILES string of the molecule is Cc1ccc2c(c1C)N(CC(N)=O)C(=O)C2=O. The van der Waals surface area contributed by atoms with Gasteiger partial charge >= 0.3 is 0 Å². The van der Waals surface area contributed by atoms with Crippen molar-refractivity contribution in [1.82, 2.24) is 0 Å². The number of fused-ring (bicyclic) bond motifs is 1. The van der Waals surface area contributed by atoms with Crippen LogP contribution in [-0.4, -0.2) is 24.1 Å². The van der Waals surface area contributed by atoms with E-state index in [1.165, 1.54) is 0 Å². The van der Waals surface area contributed by atoms with Gasteiger partial charge in [0.2, 0.25) is 5.91 Å². The van der Waals surface area contributed by atoms with E-state index in [4.69, 9.17) is 5.73 Å². The first-order valence-corrected chi connectivity index (χ1v) is 5.18. The van der Waals surface area contributed by atoms with Gasteiger partial charge in [-0.2, -0.15) is 0 Å². The molecule has 88 valence electrons. The van der Waals surface area contributed by atoms with Crippen molar-refractivity contribution in [3.63, 3.8) is 0 Å². The summed E-state index contributed by atoms with van der Waals surface area (Å²) in [6.45, 7) is 3.43. The van der Waals surface area contributed by atoms with Crippen LogP contribution in [0.4, 0.5) is 5.69 Å². The Balaban J connectivity index is 2.61. The number of ketones is 1. The van der Waals surface area contributed by atoms with Crippen LogP contribution < -0.4 is 10.6 Å². The first-order valence-electron chi connectivity index (χ1n) is 5.18. The van der Waals surface area contributed by atoms with Gasteiger partial charge in [-0.1, -0.05) is 6.07 Å². The summed E-state index contributed by atoms with van der Waals surface area (Å²) >= 11 is 0. The largest absolute Gasteiger partial charge is 0.368 e. The van der Waals surface area contributed by atoms with Gasteiger partial charge in [0.15, 0.2) is 0 Å². The van der Waals surface area contributed by atoms with E-state index in [2.05, 4.69) is 0 Å². The summed E-state index contributed by atoms with van der Waals surface area (Å²) in [6, 6.07) is 3.39. The number of Topliss-reactive ketones (excluding diaryl/α,β-unsaturated/α-hetero) is 1. The predicted molar refractivity (Wildman–Crippen MR) is 61.8 cm³/mol. The third kappa shape index (κ3) is 1.60. The zero-order chi connectivity index (χ0) is 12.7. The van der Waals surface area contributed by atoms with Gasteiger partial charge in [0.1, 0.15) is 6.54 Å². The second kappa shape index (κ2) is 3.69. The number of anilines is 1. The molecule has 0 unspecified atom stereocenters. The van der Waals surface area contributed by atoms with Crippen molar-refractivity contribution in [2.45, 2.75) is 13.8 Å². The van der Waals surface area contributed by atoms with E-state index < -0.39 is 17.6 Å². The van der Waals surface area contributed by atoms with Gasteiger partial charge in [-0.05, 0) is 31.0 Å². The van der Waals surface area contributed by atoms with Gasteiger partial charge in [-0.25, -0.2) is 0 Å². The highest BCUT2D eigenvalue weighted by Crippen LogP contribution is 2.33. The number of nitrogens with zero attached hydrogens (tertiary/aromatic N) is 1. The lowest BCUT2D eigenvalue weighted by Crippen LogP contribution is -2.37. The van der Waals surface area contributed by atoms with Crippen molar-refractivity contribution < 1.29 is 14.4 Å². The van der Waals surface area contributed by atoms with Crippen molar-refractivity contribution >= 4 is 23.3 Å². The predicted octanol–water partition coefficient (Wildman–Crippen LogP) is 0.318. The molecule has 1 aromatic carbocycles. The molecule has 1 aliphatic rings. The average Bonchev–Trinajstić information content (AvgIpc) is 2.49. The van der Waals surface area contributed by atoms with E-state index >= 15 is 0 Å². The second-order valence-electron chi connectivity index (χ2n) is 4.09. The average molecular weight is 232 g/mol. The number of carbonyl (C=O) groups excluding carboxylic acids is 3. The maximum absolute atomic E-state index is 11.7. The molecule has 0 aliphatic carbocycles. The molecule has 0 atom stereocenters. The van der Waals surface area contributed by atoms with E-state index in [-0.39, 0.29) is 6.54 Å². The maximum atomic E-state index is 11.7. The molecule has 5 heteroatoms. The molecule has 2 amide bonds. The van der Waals surface area contributed by atoms with Gasteiger partial charge in [0.05, 0.1) is 11.3 Å². The first-order chi connectivity index (χ1) is 7.93. The fourth-order valence-corrected chi connectivity index (χ4v) is 1.98. The molecule has 2 rings (SSSR count). The molecule has 2 N–H and O–H groups in total. The number of aryl methyl sites for hydroxylation is 1. The lowest BCUT2D eigenvalue weighted by atomic mass is 10.0. The van der Waals surface area contributed by atoms with Gasteiger partial charge in [-0.3, -0.25) is 19.3 Å². The Labute approximate surface area is 98.2 Å². The van der Waals surface area contributed by atoms with E-state index in [0.29, 0.717) is 11.3 Å². The Kier molecular flexibility index (Phi) is 2.46. The van der Waals surface area contributed by atoms with Gasteiger partial charge in [-0.15, -0.1) is 0 Å². The molecule has 0 radical (unpaired) electrons. The molecule has 0 aromatic heterocycles. The summed E-state index contributed by atoms with van der Waals surface area (Å²) in [5, 5.41) is 0. The number of amides is 2. The fraction of sp³-hybridized carbons (Fsp3) is 0.250. The molecule has 0 spiro atoms. The monoisotopic (exact) mass is 232 g/mol. The summed E-state index contributed by atoms with van der Waals surface area (Å²) in [7, 11) is 0. The molecular formula is C12H12N2O3. The van der Waals surface area contributed by atoms with E-state index in [9.17, 15) is 14.4 Å². The molecule has 0 saturated carbocycles. The minimum absolute atomic E-state index is 0.262. The zero-order valence-corrected chi connectivity index (χ0v) is 9.61. The van der Waals surface area contributed by atoms with Crippen LogP contribution >= 0.6 is 0 Å². The van der Waals surface area contributed by atoms with Crippen molar-refractivity contribution in [2.24, 2.45) is 5.73 Å². The number of hydrogen-bond donors (Lipinski definition) is 1. The Morgan fingerprint density at radius 2 is 1.94 bits per heavy atom. The summed E-state index contributed by atoms with van der Waals surface area (Å²) < 4.78 is 0. The van der Waals surface area contributed by atoms with Gasteiger partial charge in [0.25, 0.3) is 11.7 Å². The topological polar surface area (TPSA) is 80.5 Å². The van der Waals surface area contributed by atoms with Gasteiger partial charge < -0.3 is 5.73 Å². The molecule has 0 bridgehead atoms. The number of benzene rings is 1. The third-order valence-corrected chi connectivity index (χ3v) is 2.97. The highest BCUT2D eigenvalue weighted by atomic mass is 16.2. The summed E-state index contributed by atoms with van der Waals surface area (Å²) in [4.78, 5) is 35.5. The van der Waals surface area contributed by atoms with Crippen LogP contribution in [0.5, 0.6) is 0 Å². The van der Waals surface area contributed by atoms with Crippen LogP contribution in [0.25, 0.3) is 0 Å². The number of nitrogens with two attached hydrogens (primary N) is 1. The van der Waals surface area contributed by atoms with Crippen molar-refractivity contribution in [3.05, 3.63) is 28.8 Å². The molecule has 17 heavy (non-hydrogen) atoms. The normalized spacial score (nSPS) is 14.1. The van der Waals surface area contributed by atoms with Crippen molar-refractivity contribution in [3.8, 4) is 0 Å². The van der Waals surface area contributed by atoms with Crippen LogP contribution in [-0.2, 0) is 9.59 Å². The van der Waals surface area contributed by atoms with Crippen molar-refractivity contribution in [2.75, 3.05) is 11.4 Å². The number of primary amides is 1. The summed E-state index contributed by atoms with van der Waals surface area (Å²) in [5.41, 5.74) is 7.72. The quantitative estimate of drug-likeness (QED) is 0.745. The number of hydrogen-bond acceptors (Lipinski definition) is 3. The van der Waals surface area contributed by atoms with E-state index in [1.54, 1.807) is 12.1 Å². The molecule has 0 saturated heterocycles. The van der Waals surface area contributed by atoms with Crippen LogP contribution in [0.15, 0.2) is 12.1 Å². The van der Waals surface area contributed by atoms with Crippen LogP contribution in [0.1, 0.15) is 21.5 Å². The Morgan fingerprint density at radius 3 is 2.53 bits per heavy atom. The van der Waals surface area contributed by atoms with Crippen LogP contribution in [0.3, 0.4) is 0 Å². The minimum Gasteiger partial charge on any atom is -0.368 e. The lowest BCUT2D eigenvalue weighted by Gasteiger charge is -2.17. The Bertz CT molecular complexity index is 549. The Morgan fingerprint density at radius 1 is 1.29 bits per heavy atom. The maximum Gasteiger partial charge on any atom is 0.299 e. The lowest BCUT2D eigenvalue weighted by molar-refractivity contribution is -0.120. The first kappa shape index (κ1) is 11.3. The van der Waals surface area contributed by atoms with Crippen molar-refractivity contribution in [1.29, 1.82) is 0 Å². The van der Waals surface area contributed by atoms with E-state index in [1.807, 2.05) is 13.8 Å². The molecule has 1 aromatic rings. The number of rotatable bonds is 2. The molecule has 0 fully saturated rings. The van der Waals surface area contributed by atoms with Gasteiger partial charge in [0, 0.05) is 0 Å². The molecule has 1 heterocycles. The van der Waals surface area contributed by atoms with Crippen LogP contribution in [0.2, 0.25) is 0 Å². The highest BCUT2D eigenvalue weighted by molar-refractivity contribution is 6.52. The molecule has 1 aliphatic heterocycles. The standard InChI is InChI=1S/C12H12N2O3/c1-6-3-4-8-10(7(6)2)14(5-9(13)15)12(17)11(8)16/h3-4H,5H2,1-2H3,(H2,13,15). The smallest absolute Gasteiger partial charge is 0.299 e. The van der Waals surface area contributed by atoms with Crippen LogP contribution in [0, 0.1) is 13.8 Å². The minimum atomic E-state index is -0.687. The summed E-state index contributed by atoms with van der Waals surface area (Å²) in [5.74, 6) is -1.91. The Hall–Kier alpha value is -2.17. The second-order valence-corrected chi connectivity index (χ2v) is 4.09. The third-order valence-electron chi connectivity index (χ3n) is 2.97. The van der Waals surface area contributed by atoms with E-state index in [0.717, 1.165) is 16.0 Å².